The van der Waals surface area contributed by atoms with Crippen LogP contribution in [0.15, 0.2) is 59.4 Å². The van der Waals surface area contributed by atoms with Gasteiger partial charge in [-0.2, -0.15) is 0 Å². The molecule has 1 amide bonds. The van der Waals surface area contributed by atoms with Gasteiger partial charge < -0.3 is 10.1 Å². The van der Waals surface area contributed by atoms with Gasteiger partial charge in [0.2, 0.25) is 5.91 Å². The van der Waals surface area contributed by atoms with Crippen LogP contribution in [0.2, 0.25) is 0 Å². The van der Waals surface area contributed by atoms with Crippen LogP contribution in [0, 0.1) is 17.0 Å². The predicted molar refractivity (Wildman–Crippen MR) is 122 cm³/mol. The van der Waals surface area contributed by atoms with Gasteiger partial charge in [0.1, 0.15) is 28.6 Å². The number of nitrogens with one attached hydrogen (secondary N) is 1. The summed E-state index contributed by atoms with van der Waals surface area (Å²) >= 11 is 1.41. The predicted octanol–water partition coefficient (Wildman–Crippen LogP) is 3.99. The van der Waals surface area contributed by atoms with Crippen molar-refractivity contribution < 1.29 is 14.5 Å². The van der Waals surface area contributed by atoms with Gasteiger partial charge in [0.05, 0.1) is 23.5 Å². The second-order valence-electron chi connectivity index (χ2n) is 6.93. The molecule has 2 heterocycles. The molecule has 0 aliphatic heterocycles. The van der Waals surface area contributed by atoms with E-state index < -0.39 is 10.8 Å². The Morgan fingerprint density at radius 3 is 2.66 bits per heavy atom. The lowest BCUT2D eigenvalue weighted by Gasteiger charge is -2.11. The van der Waals surface area contributed by atoms with E-state index in [1.54, 1.807) is 13.0 Å². The largest absolute Gasteiger partial charge is 0.496 e. The molecule has 0 aliphatic rings. The van der Waals surface area contributed by atoms with E-state index in [2.05, 4.69) is 10.3 Å². The molecule has 0 saturated heterocycles. The fourth-order valence-corrected chi connectivity index (χ4v) is 4.35. The van der Waals surface area contributed by atoms with Gasteiger partial charge in [0.25, 0.3) is 11.2 Å². The van der Waals surface area contributed by atoms with Crippen LogP contribution in [-0.2, 0) is 11.3 Å². The number of nitrogens with zero attached hydrogens (tertiary/aromatic N) is 3. The van der Waals surface area contributed by atoms with Crippen molar-refractivity contribution in [1.82, 2.24) is 9.55 Å². The third kappa shape index (κ3) is 4.08. The summed E-state index contributed by atoms with van der Waals surface area (Å²) in [5.41, 5.74) is 0.345. The Morgan fingerprint density at radius 2 is 1.97 bits per heavy atom. The van der Waals surface area contributed by atoms with Gasteiger partial charge in [-0.1, -0.05) is 30.3 Å². The first-order valence-electron chi connectivity index (χ1n) is 9.56. The number of methoxy groups -OCH3 is 1. The number of nitro groups is 1. The Kier molecular flexibility index (Phi) is 5.69. The highest BCUT2D eigenvalue weighted by atomic mass is 32.1. The number of anilines is 1. The van der Waals surface area contributed by atoms with E-state index in [0.29, 0.717) is 21.8 Å². The highest BCUT2D eigenvalue weighted by Crippen LogP contribution is 2.31. The van der Waals surface area contributed by atoms with Crippen molar-refractivity contribution >= 4 is 38.8 Å². The molecule has 162 valence electrons. The summed E-state index contributed by atoms with van der Waals surface area (Å²) < 4.78 is 6.26. The molecule has 2 aromatic heterocycles. The van der Waals surface area contributed by atoms with Gasteiger partial charge in [-0.05, 0) is 30.7 Å². The lowest BCUT2D eigenvalue weighted by atomic mass is 10.2. The third-order valence-corrected chi connectivity index (χ3v) is 5.96. The Labute approximate surface area is 186 Å². The lowest BCUT2D eigenvalue weighted by Crippen LogP contribution is -2.30. The minimum Gasteiger partial charge on any atom is -0.496 e. The number of benzene rings is 2. The number of carbonyl (C=O) groups is 1. The Bertz CT molecular complexity index is 1390. The number of amides is 1. The molecule has 10 heteroatoms. The van der Waals surface area contributed by atoms with E-state index in [4.69, 9.17) is 4.74 Å². The molecule has 0 unspecified atom stereocenters. The van der Waals surface area contributed by atoms with Gasteiger partial charge in [-0.3, -0.25) is 24.3 Å². The first kappa shape index (κ1) is 21.2. The van der Waals surface area contributed by atoms with Crippen LogP contribution in [0.5, 0.6) is 5.75 Å². The van der Waals surface area contributed by atoms with Crippen LogP contribution in [0.25, 0.3) is 20.7 Å². The molecule has 4 rings (SSSR count). The second-order valence-corrected chi connectivity index (χ2v) is 7.96. The fraction of sp³-hybridized carbons (Fsp3) is 0.136. The van der Waals surface area contributed by atoms with Crippen molar-refractivity contribution in [3.8, 4) is 16.2 Å². The fourth-order valence-electron chi connectivity index (χ4n) is 3.28. The molecule has 0 saturated carbocycles. The van der Waals surface area contributed by atoms with Gasteiger partial charge >= 0.3 is 0 Å². The number of thiophene rings is 1. The molecule has 1 N–H and O–H groups in total. The topological polar surface area (TPSA) is 116 Å². The Balaban J connectivity index is 1.64. The van der Waals surface area contributed by atoms with Crippen LogP contribution in [-0.4, -0.2) is 27.5 Å². The zero-order valence-corrected chi connectivity index (χ0v) is 18.0. The van der Waals surface area contributed by atoms with E-state index in [0.717, 1.165) is 10.4 Å². The number of rotatable bonds is 6. The molecule has 0 bridgehead atoms. The molecule has 0 atom stereocenters. The molecule has 2 aromatic carbocycles. The molecule has 9 nitrogen and oxygen atoms in total. The average molecular weight is 450 g/mol. The monoisotopic (exact) mass is 450 g/mol. The maximum atomic E-state index is 13.1. The summed E-state index contributed by atoms with van der Waals surface area (Å²) in [4.78, 5) is 42.4. The molecular formula is C22H18N4O5S. The zero-order valence-electron chi connectivity index (χ0n) is 17.2. The van der Waals surface area contributed by atoms with Gasteiger partial charge in [0, 0.05) is 4.88 Å². The smallest absolute Gasteiger partial charge is 0.296 e. The summed E-state index contributed by atoms with van der Waals surface area (Å²) in [5.74, 6) is 0.0922. The van der Waals surface area contributed by atoms with Crippen molar-refractivity contribution in [2.75, 3.05) is 12.4 Å². The summed E-state index contributed by atoms with van der Waals surface area (Å²) in [5, 5.41) is 14.3. The highest BCUT2D eigenvalue weighted by Gasteiger charge is 2.19. The van der Waals surface area contributed by atoms with E-state index >= 15 is 0 Å². The standard InChI is InChI=1S/C22H18N4O5S/c1-13-23-21-16(11-19(32-21)14-6-4-3-5-7-14)22(28)25(13)12-20(27)24-17-9-8-15(31-2)10-18(17)26(29)30/h3-11H,12H2,1-2H3,(H,24,27). The van der Waals surface area contributed by atoms with Crippen molar-refractivity contribution in [3.05, 3.63) is 80.9 Å². The van der Waals surface area contributed by atoms with Crippen LogP contribution in [0.3, 0.4) is 0 Å². The maximum absolute atomic E-state index is 13.1. The average Bonchev–Trinajstić information content (AvgIpc) is 3.21. The molecule has 0 radical (unpaired) electrons. The molecule has 32 heavy (non-hydrogen) atoms. The van der Waals surface area contributed by atoms with Crippen LogP contribution < -0.4 is 15.6 Å². The van der Waals surface area contributed by atoms with Crippen LogP contribution in [0.1, 0.15) is 5.82 Å². The summed E-state index contributed by atoms with van der Waals surface area (Å²) in [6.07, 6.45) is 0. The highest BCUT2D eigenvalue weighted by molar-refractivity contribution is 7.21. The number of aryl methyl sites for hydroxylation is 1. The number of fused-ring (bicyclic) bond motifs is 1. The van der Waals surface area contributed by atoms with Gasteiger partial charge in [-0.15, -0.1) is 11.3 Å². The van der Waals surface area contributed by atoms with Crippen molar-refractivity contribution in [1.29, 1.82) is 0 Å². The number of nitro benzene ring substituents is 1. The van der Waals surface area contributed by atoms with Crippen LogP contribution >= 0.6 is 11.3 Å². The van der Waals surface area contributed by atoms with E-state index in [1.165, 1.54) is 41.2 Å². The molecular weight excluding hydrogens is 432 g/mol. The van der Waals surface area contributed by atoms with Gasteiger partial charge in [0.15, 0.2) is 0 Å². The number of ether oxygens (including phenoxy) is 1. The molecule has 0 spiro atoms. The lowest BCUT2D eigenvalue weighted by molar-refractivity contribution is -0.384. The summed E-state index contributed by atoms with van der Waals surface area (Å²) in [7, 11) is 1.39. The quantitative estimate of drug-likeness (QED) is 0.351. The number of hydrogen-bond donors (Lipinski definition) is 1. The van der Waals surface area contributed by atoms with Crippen LogP contribution in [0.4, 0.5) is 11.4 Å². The maximum Gasteiger partial charge on any atom is 0.296 e. The summed E-state index contributed by atoms with van der Waals surface area (Å²) in [6, 6.07) is 15.5. The minimum atomic E-state index is -0.611. The van der Waals surface area contributed by atoms with E-state index in [9.17, 15) is 19.7 Å². The van der Waals surface area contributed by atoms with Crippen molar-refractivity contribution in [2.45, 2.75) is 13.5 Å². The number of aromatic nitrogens is 2. The number of carbonyl (C=O) groups excluding carboxylic acids is 1. The minimum absolute atomic E-state index is 0.0161. The van der Waals surface area contributed by atoms with Crippen molar-refractivity contribution in [2.24, 2.45) is 0 Å². The molecule has 0 fully saturated rings. The second kappa shape index (κ2) is 8.60. The third-order valence-electron chi connectivity index (χ3n) is 4.88. The zero-order chi connectivity index (χ0) is 22.8. The Hall–Kier alpha value is -4.05. The molecule has 4 aromatic rings. The SMILES string of the molecule is COc1ccc(NC(=O)Cn2c(C)nc3sc(-c4ccccc4)cc3c2=O)c([N+](=O)[O-])c1. The number of hydrogen-bond acceptors (Lipinski definition) is 7. The van der Waals surface area contributed by atoms with Crippen molar-refractivity contribution in [3.63, 3.8) is 0 Å². The van der Waals surface area contributed by atoms with E-state index in [1.807, 2.05) is 30.3 Å². The normalized spacial score (nSPS) is 10.8. The van der Waals surface area contributed by atoms with E-state index in [-0.39, 0.29) is 23.5 Å². The summed E-state index contributed by atoms with van der Waals surface area (Å²) in [6.45, 7) is 1.32. The first-order chi connectivity index (χ1) is 15.4. The van der Waals surface area contributed by atoms with Gasteiger partial charge in [-0.25, -0.2) is 4.98 Å². The Morgan fingerprint density at radius 1 is 1.22 bits per heavy atom. The first-order valence-corrected chi connectivity index (χ1v) is 10.4. The molecule has 0 aliphatic carbocycles.